The van der Waals surface area contributed by atoms with E-state index in [2.05, 4.69) is 30.1 Å². The maximum absolute atomic E-state index is 12.4. The Hall–Kier alpha value is -2.35. The molecule has 1 aromatic rings. The number of hydrogen-bond donors (Lipinski definition) is 1. The molecule has 134 valence electrons. The molecule has 1 aliphatic heterocycles. The molecule has 1 N–H and O–H groups in total. The Morgan fingerprint density at radius 1 is 1.24 bits per heavy atom. The topological polar surface area (TPSA) is 73.2 Å². The molecule has 5 heteroatoms. The number of nitrogens with one attached hydrogen (secondary N) is 1. The number of anilines is 1. The summed E-state index contributed by atoms with van der Waals surface area (Å²) in [6.45, 7) is 9.19. The van der Waals surface area contributed by atoms with Gasteiger partial charge in [-0.25, -0.2) is 0 Å². The van der Waals surface area contributed by atoms with Crippen molar-refractivity contribution in [2.75, 3.05) is 18.0 Å². The normalized spacial score (nSPS) is 16.4. The van der Waals surface area contributed by atoms with Crippen molar-refractivity contribution in [3.63, 3.8) is 0 Å². The van der Waals surface area contributed by atoms with Gasteiger partial charge in [0, 0.05) is 36.3 Å². The van der Waals surface area contributed by atoms with E-state index in [0.29, 0.717) is 30.1 Å². The van der Waals surface area contributed by atoms with Gasteiger partial charge in [-0.3, -0.25) is 9.59 Å². The predicted octanol–water partition coefficient (Wildman–Crippen LogP) is 3.14. The number of carbonyl (C=O) groups excluding carboxylic acids is 2. The van der Waals surface area contributed by atoms with Gasteiger partial charge in [0.15, 0.2) is 5.78 Å². The first-order valence-electron chi connectivity index (χ1n) is 8.94. The van der Waals surface area contributed by atoms with Gasteiger partial charge in [-0.2, -0.15) is 5.26 Å². The highest BCUT2D eigenvalue weighted by Crippen LogP contribution is 2.28. The quantitative estimate of drug-likeness (QED) is 0.835. The van der Waals surface area contributed by atoms with Crippen LogP contribution in [-0.4, -0.2) is 30.8 Å². The van der Waals surface area contributed by atoms with Crippen molar-refractivity contribution >= 4 is 17.4 Å². The maximum Gasteiger partial charge on any atom is 0.223 e. The molecule has 25 heavy (non-hydrogen) atoms. The van der Waals surface area contributed by atoms with Gasteiger partial charge in [0.1, 0.15) is 0 Å². The van der Waals surface area contributed by atoms with Crippen LogP contribution in [0.3, 0.4) is 0 Å². The Balaban J connectivity index is 2.06. The molecule has 0 radical (unpaired) electrons. The lowest BCUT2D eigenvalue weighted by atomic mass is 9.93. The van der Waals surface area contributed by atoms with Gasteiger partial charge in [-0.05, 0) is 50.8 Å². The van der Waals surface area contributed by atoms with Crippen molar-refractivity contribution in [3.05, 3.63) is 29.3 Å². The predicted molar refractivity (Wildman–Crippen MR) is 98.5 cm³/mol. The molecule has 1 heterocycles. The first-order chi connectivity index (χ1) is 11.8. The van der Waals surface area contributed by atoms with Crippen LogP contribution in [0, 0.1) is 23.2 Å². The molecule has 1 aromatic carbocycles. The molecule has 2 rings (SSSR count). The first kappa shape index (κ1) is 19.0. The molecule has 1 saturated heterocycles. The molecule has 0 spiro atoms. The van der Waals surface area contributed by atoms with E-state index in [1.54, 1.807) is 25.1 Å². The molecular weight excluding hydrogens is 314 g/mol. The maximum atomic E-state index is 12.4. The smallest absolute Gasteiger partial charge is 0.223 e. The van der Waals surface area contributed by atoms with Crippen molar-refractivity contribution in [1.29, 1.82) is 5.26 Å². The number of rotatable bonds is 5. The zero-order chi connectivity index (χ0) is 18.6. The summed E-state index contributed by atoms with van der Waals surface area (Å²) in [5.41, 5.74) is 1.99. The second-order valence-corrected chi connectivity index (χ2v) is 7.20. The number of amides is 1. The monoisotopic (exact) mass is 341 g/mol. The molecule has 1 aliphatic rings. The van der Waals surface area contributed by atoms with Crippen molar-refractivity contribution < 1.29 is 9.59 Å². The van der Waals surface area contributed by atoms with E-state index in [9.17, 15) is 9.59 Å². The van der Waals surface area contributed by atoms with Gasteiger partial charge in [-0.1, -0.05) is 13.8 Å². The third-order valence-corrected chi connectivity index (χ3v) is 5.08. The summed E-state index contributed by atoms with van der Waals surface area (Å²) in [6, 6.07) is 7.47. The summed E-state index contributed by atoms with van der Waals surface area (Å²) in [5, 5.41) is 12.2. The van der Waals surface area contributed by atoms with Gasteiger partial charge < -0.3 is 10.2 Å². The number of Topliss-reactive ketones (excluding diaryl/α,β-unsaturated/α-hetero) is 1. The fourth-order valence-electron chi connectivity index (χ4n) is 3.05. The highest BCUT2D eigenvalue weighted by molar-refractivity contribution is 6.00. The lowest BCUT2D eigenvalue weighted by molar-refractivity contribution is -0.126. The van der Waals surface area contributed by atoms with Gasteiger partial charge in [0.05, 0.1) is 11.6 Å². The summed E-state index contributed by atoms with van der Waals surface area (Å²) < 4.78 is 0. The van der Waals surface area contributed by atoms with Crippen molar-refractivity contribution in [3.8, 4) is 6.07 Å². The number of nitriles is 1. The minimum Gasteiger partial charge on any atom is -0.371 e. The number of nitrogens with zero attached hydrogens (tertiary/aromatic N) is 2. The Morgan fingerprint density at radius 3 is 2.40 bits per heavy atom. The first-order valence-corrected chi connectivity index (χ1v) is 8.94. The molecule has 0 aliphatic carbocycles. The van der Waals surface area contributed by atoms with Crippen LogP contribution in [0.2, 0.25) is 0 Å². The second kappa shape index (κ2) is 8.15. The Bertz CT molecular complexity index is 683. The van der Waals surface area contributed by atoms with Crippen LogP contribution < -0.4 is 10.2 Å². The van der Waals surface area contributed by atoms with E-state index in [-0.39, 0.29) is 23.7 Å². The van der Waals surface area contributed by atoms with Crippen molar-refractivity contribution in [2.24, 2.45) is 11.8 Å². The zero-order valence-electron chi connectivity index (χ0n) is 15.5. The summed E-state index contributed by atoms with van der Waals surface area (Å²) in [5.74, 6) is 0.539. The van der Waals surface area contributed by atoms with Gasteiger partial charge >= 0.3 is 0 Å². The van der Waals surface area contributed by atoms with Crippen LogP contribution in [0.5, 0.6) is 0 Å². The Morgan fingerprint density at radius 2 is 1.88 bits per heavy atom. The standard InChI is InChI=1S/C20H27N3O2/c1-13(2)14(3)22-20(25)17-7-9-23(10-8-17)19-11-16(12-21)5-6-18(19)15(4)24/h5-6,11,13-14,17H,7-10H2,1-4H3,(H,22,25). The third kappa shape index (κ3) is 4.60. The fourth-order valence-corrected chi connectivity index (χ4v) is 3.05. The van der Waals surface area contributed by atoms with Crippen molar-refractivity contribution in [2.45, 2.75) is 46.6 Å². The lowest BCUT2D eigenvalue weighted by Crippen LogP contribution is -2.44. The minimum absolute atomic E-state index is 0.00915. The summed E-state index contributed by atoms with van der Waals surface area (Å²) in [6.07, 6.45) is 1.51. The number of ketones is 1. The van der Waals surface area contributed by atoms with E-state index in [1.165, 1.54) is 0 Å². The lowest BCUT2D eigenvalue weighted by Gasteiger charge is -2.34. The summed E-state index contributed by atoms with van der Waals surface area (Å²) in [4.78, 5) is 26.4. The highest BCUT2D eigenvalue weighted by Gasteiger charge is 2.27. The number of benzene rings is 1. The molecule has 0 aromatic heterocycles. The molecule has 1 fully saturated rings. The highest BCUT2D eigenvalue weighted by atomic mass is 16.2. The van der Waals surface area contributed by atoms with E-state index < -0.39 is 0 Å². The van der Waals surface area contributed by atoms with Crippen LogP contribution in [0.1, 0.15) is 56.5 Å². The average Bonchev–Trinajstić information content (AvgIpc) is 2.60. The minimum atomic E-state index is -0.00915. The molecule has 5 nitrogen and oxygen atoms in total. The van der Waals surface area contributed by atoms with Crippen LogP contribution in [-0.2, 0) is 4.79 Å². The molecule has 1 unspecified atom stereocenters. The van der Waals surface area contributed by atoms with Crippen molar-refractivity contribution in [1.82, 2.24) is 5.32 Å². The van der Waals surface area contributed by atoms with E-state index in [0.717, 1.165) is 18.5 Å². The van der Waals surface area contributed by atoms with E-state index >= 15 is 0 Å². The number of piperidine rings is 1. The van der Waals surface area contributed by atoms with Gasteiger partial charge in [-0.15, -0.1) is 0 Å². The van der Waals surface area contributed by atoms with Crippen LogP contribution in [0.15, 0.2) is 18.2 Å². The third-order valence-electron chi connectivity index (χ3n) is 5.08. The van der Waals surface area contributed by atoms with Crippen LogP contribution in [0.4, 0.5) is 5.69 Å². The van der Waals surface area contributed by atoms with Crippen LogP contribution >= 0.6 is 0 Å². The Labute approximate surface area is 150 Å². The van der Waals surface area contributed by atoms with E-state index in [1.807, 2.05) is 6.92 Å². The second-order valence-electron chi connectivity index (χ2n) is 7.20. The molecular formula is C20H27N3O2. The largest absolute Gasteiger partial charge is 0.371 e. The molecule has 1 atom stereocenters. The van der Waals surface area contributed by atoms with Gasteiger partial charge in [0.25, 0.3) is 0 Å². The number of hydrogen-bond acceptors (Lipinski definition) is 4. The molecule has 0 saturated carbocycles. The number of carbonyl (C=O) groups is 2. The average molecular weight is 341 g/mol. The zero-order valence-corrected chi connectivity index (χ0v) is 15.5. The Kier molecular flexibility index (Phi) is 6.19. The van der Waals surface area contributed by atoms with Crippen LogP contribution in [0.25, 0.3) is 0 Å². The van der Waals surface area contributed by atoms with E-state index in [4.69, 9.17) is 5.26 Å². The molecule has 0 bridgehead atoms. The SMILES string of the molecule is CC(=O)c1ccc(C#N)cc1N1CCC(C(=O)NC(C)C(C)C)CC1. The summed E-state index contributed by atoms with van der Waals surface area (Å²) in [7, 11) is 0. The molecule has 1 amide bonds. The fraction of sp³-hybridized carbons (Fsp3) is 0.550. The van der Waals surface area contributed by atoms with Gasteiger partial charge in [0.2, 0.25) is 5.91 Å². The summed E-state index contributed by atoms with van der Waals surface area (Å²) >= 11 is 0.